The first-order chi connectivity index (χ1) is 13.2. The fraction of sp³-hybridized carbons (Fsp3) is 0.478. The predicted octanol–water partition coefficient (Wildman–Crippen LogP) is 4.74. The molecule has 0 spiro atoms. The van der Waals surface area contributed by atoms with E-state index in [4.69, 9.17) is 4.74 Å². The molecular weight excluding hydrogens is 410 g/mol. The Morgan fingerprint density at radius 3 is 1.97 bits per heavy atom. The van der Waals surface area contributed by atoms with Crippen molar-refractivity contribution in [3.8, 4) is 0 Å². The topological polar surface area (TPSA) is 15.7 Å². The van der Waals surface area contributed by atoms with Crippen LogP contribution in [-0.4, -0.2) is 55.7 Å². The van der Waals surface area contributed by atoms with Crippen LogP contribution >= 0.6 is 24.8 Å². The molecule has 162 valence electrons. The van der Waals surface area contributed by atoms with Crippen molar-refractivity contribution in [1.82, 2.24) is 9.80 Å². The number of hydrogen-bond donors (Lipinski definition) is 0. The van der Waals surface area contributed by atoms with Gasteiger partial charge >= 0.3 is 0 Å². The maximum atomic E-state index is 12.9. The number of nitrogens with zero attached hydrogens (tertiary/aromatic N) is 2. The van der Waals surface area contributed by atoms with Crippen LogP contribution in [0.5, 0.6) is 0 Å². The minimum absolute atomic E-state index is 0. The van der Waals surface area contributed by atoms with E-state index < -0.39 is 0 Å². The molecular formula is C23H33Cl2FN2O. The van der Waals surface area contributed by atoms with Crippen molar-refractivity contribution in [2.24, 2.45) is 0 Å². The van der Waals surface area contributed by atoms with Crippen molar-refractivity contribution in [2.45, 2.75) is 26.4 Å². The Bertz CT molecular complexity index is 674. The summed E-state index contributed by atoms with van der Waals surface area (Å²) in [6.07, 6.45) is 2.39. The van der Waals surface area contributed by atoms with Gasteiger partial charge in [0.2, 0.25) is 0 Å². The molecule has 0 atom stereocenters. The fourth-order valence-corrected chi connectivity index (χ4v) is 3.46. The molecule has 3 nitrogen and oxygen atoms in total. The zero-order chi connectivity index (χ0) is 18.9. The maximum Gasteiger partial charge on any atom is 0.123 e. The molecule has 6 heteroatoms. The lowest BCUT2D eigenvalue weighted by Gasteiger charge is -2.34. The van der Waals surface area contributed by atoms with Crippen LogP contribution in [0.25, 0.3) is 0 Å². The lowest BCUT2D eigenvalue weighted by molar-refractivity contribution is 0.0682. The van der Waals surface area contributed by atoms with Gasteiger partial charge in [-0.2, -0.15) is 0 Å². The summed E-state index contributed by atoms with van der Waals surface area (Å²) < 4.78 is 18.6. The Hall–Kier alpha value is -1.17. The van der Waals surface area contributed by atoms with Gasteiger partial charge in [0.05, 0.1) is 13.2 Å². The average molecular weight is 443 g/mol. The molecule has 29 heavy (non-hydrogen) atoms. The van der Waals surface area contributed by atoms with Gasteiger partial charge in [0, 0.05) is 32.7 Å². The third-order valence-corrected chi connectivity index (χ3v) is 5.26. The molecule has 0 aliphatic carbocycles. The minimum atomic E-state index is -0.199. The molecule has 2 aromatic carbocycles. The maximum absolute atomic E-state index is 12.9. The Kier molecular flexibility index (Phi) is 12.4. The molecule has 0 bridgehead atoms. The summed E-state index contributed by atoms with van der Waals surface area (Å²) in [4.78, 5) is 5.05. The number of ether oxygens (including phenoxy) is 1. The predicted molar refractivity (Wildman–Crippen MR) is 123 cm³/mol. The third-order valence-electron chi connectivity index (χ3n) is 5.26. The summed E-state index contributed by atoms with van der Waals surface area (Å²) in [5.74, 6) is -0.199. The van der Waals surface area contributed by atoms with E-state index in [-0.39, 0.29) is 30.6 Å². The van der Waals surface area contributed by atoms with Crippen molar-refractivity contribution in [1.29, 1.82) is 0 Å². The standard InChI is InChI=1S/C23H31FN2O.2ClH/c1-20-4-6-21(7-5-20)3-2-12-25-13-15-26(16-14-25)17-18-27-19-22-8-10-23(24)11-9-22;;/h4-11H,2-3,12-19H2,1H3;2*1H. The van der Waals surface area contributed by atoms with E-state index in [2.05, 4.69) is 41.0 Å². The average Bonchev–Trinajstić information content (AvgIpc) is 2.69. The largest absolute Gasteiger partial charge is 0.375 e. The van der Waals surface area contributed by atoms with Crippen LogP contribution in [0.15, 0.2) is 48.5 Å². The molecule has 1 aliphatic heterocycles. The number of aryl methyl sites for hydroxylation is 2. The second-order valence-corrected chi connectivity index (χ2v) is 7.45. The van der Waals surface area contributed by atoms with Gasteiger partial charge in [-0.05, 0) is 49.6 Å². The second kappa shape index (κ2) is 13.9. The quantitative estimate of drug-likeness (QED) is 0.521. The number of hydrogen-bond acceptors (Lipinski definition) is 3. The molecule has 1 saturated heterocycles. The van der Waals surface area contributed by atoms with Gasteiger partial charge in [0.15, 0.2) is 0 Å². The summed E-state index contributed by atoms with van der Waals surface area (Å²) in [5, 5.41) is 0. The fourth-order valence-electron chi connectivity index (χ4n) is 3.46. The van der Waals surface area contributed by atoms with Crippen LogP contribution in [0.2, 0.25) is 0 Å². The van der Waals surface area contributed by atoms with Crippen LogP contribution in [0.1, 0.15) is 23.1 Å². The summed E-state index contributed by atoms with van der Waals surface area (Å²) in [5.41, 5.74) is 3.80. The molecule has 1 heterocycles. The highest BCUT2D eigenvalue weighted by Gasteiger charge is 2.16. The van der Waals surface area contributed by atoms with E-state index in [9.17, 15) is 4.39 Å². The van der Waals surface area contributed by atoms with E-state index in [1.165, 1.54) is 36.2 Å². The van der Waals surface area contributed by atoms with Gasteiger partial charge in [0.25, 0.3) is 0 Å². The van der Waals surface area contributed by atoms with E-state index in [0.29, 0.717) is 6.61 Å². The summed E-state index contributed by atoms with van der Waals surface area (Å²) in [6.45, 7) is 10.1. The number of benzene rings is 2. The van der Waals surface area contributed by atoms with Crippen molar-refractivity contribution < 1.29 is 9.13 Å². The van der Waals surface area contributed by atoms with E-state index >= 15 is 0 Å². The highest BCUT2D eigenvalue weighted by atomic mass is 35.5. The Morgan fingerprint density at radius 1 is 0.793 bits per heavy atom. The molecule has 2 aromatic rings. The van der Waals surface area contributed by atoms with Crippen LogP contribution in [0.4, 0.5) is 4.39 Å². The Balaban J connectivity index is 0.00000210. The first-order valence-electron chi connectivity index (χ1n) is 10.0. The van der Waals surface area contributed by atoms with E-state index in [0.717, 1.165) is 51.3 Å². The van der Waals surface area contributed by atoms with Crippen LogP contribution in [-0.2, 0) is 17.8 Å². The van der Waals surface area contributed by atoms with Crippen molar-refractivity contribution in [3.05, 3.63) is 71.0 Å². The van der Waals surface area contributed by atoms with E-state index in [1.54, 1.807) is 12.1 Å². The number of piperazine rings is 1. The molecule has 0 saturated carbocycles. The highest BCUT2D eigenvalue weighted by molar-refractivity contribution is 5.85. The molecule has 0 radical (unpaired) electrons. The lowest BCUT2D eigenvalue weighted by atomic mass is 10.1. The zero-order valence-corrected chi connectivity index (χ0v) is 18.8. The Morgan fingerprint density at radius 2 is 1.34 bits per heavy atom. The zero-order valence-electron chi connectivity index (χ0n) is 17.2. The van der Waals surface area contributed by atoms with Gasteiger partial charge in [-0.1, -0.05) is 42.0 Å². The SMILES string of the molecule is Cc1ccc(CCCN2CCN(CCOCc3ccc(F)cc3)CC2)cc1.Cl.Cl. The normalized spacial score (nSPS) is 14.8. The van der Waals surface area contributed by atoms with Gasteiger partial charge in [-0.15, -0.1) is 24.8 Å². The minimum Gasteiger partial charge on any atom is -0.375 e. The van der Waals surface area contributed by atoms with Crippen molar-refractivity contribution in [3.63, 3.8) is 0 Å². The van der Waals surface area contributed by atoms with Crippen LogP contribution in [0, 0.1) is 12.7 Å². The monoisotopic (exact) mass is 442 g/mol. The number of rotatable bonds is 9. The first kappa shape index (κ1) is 25.9. The van der Waals surface area contributed by atoms with Gasteiger partial charge in [-0.3, -0.25) is 4.90 Å². The smallest absolute Gasteiger partial charge is 0.123 e. The van der Waals surface area contributed by atoms with Gasteiger partial charge < -0.3 is 9.64 Å². The molecule has 3 rings (SSSR count). The first-order valence-corrected chi connectivity index (χ1v) is 10.0. The molecule has 0 N–H and O–H groups in total. The third kappa shape index (κ3) is 9.45. The molecule has 0 amide bonds. The molecule has 1 aliphatic rings. The second-order valence-electron chi connectivity index (χ2n) is 7.45. The number of halogens is 3. The van der Waals surface area contributed by atoms with Crippen LogP contribution in [0.3, 0.4) is 0 Å². The summed E-state index contributed by atoms with van der Waals surface area (Å²) in [7, 11) is 0. The lowest BCUT2D eigenvalue weighted by Crippen LogP contribution is -2.47. The van der Waals surface area contributed by atoms with Gasteiger partial charge in [0.1, 0.15) is 5.82 Å². The van der Waals surface area contributed by atoms with Gasteiger partial charge in [-0.25, -0.2) is 4.39 Å². The molecule has 0 aromatic heterocycles. The van der Waals surface area contributed by atoms with Crippen molar-refractivity contribution in [2.75, 3.05) is 45.9 Å². The van der Waals surface area contributed by atoms with Crippen LogP contribution < -0.4 is 0 Å². The highest BCUT2D eigenvalue weighted by Crippen LogP contribution is 2.09. The molecule has 1 fully saturated rings. The van der Waals surface area contributed by atoms with Crippen molar-refractivity contribution >= 4 is 24.8 Å². The summed E-state index contributed by atoms with van der Waals surface area (Å²) in [6, 6.07) is 15.4. The summed E-state index contributed by atoms with van der Waals surface area (Å²) >= 11 is 0. The molecule has 0 unspecified atom stereocenters. The van der Waals surface area contributed by atoms with E-state index in [1.807, 2.05) is 0 Å². The Labute approximate surface area is 187 Å².